The summed E-state index contributed by atoms with van der Waals surface area (Å²) in [6.07, 6.45) is 11.6. The van der Waals surface area contributed by atoms with Crippen molar-refractivity contribution in [3.05, 3.63) is 0 Å². The third-order valence-electron chi connectivity index (χ3n) is 6.19. The Bertz CT molecular complexity index is 293. The highest BCUT2D eigenvalue weighted by Gasteiger charge is 2.29. The van der Waals surface area contributed by atoms with Gasteiger partial charge in [-0.05, 0) is 51.1 Å². The largest absolute Gasteiger partial charge is 0.314 e. The molecule has 1 heterocycles. The van der Waals surface area contributed by atoms with Crippen molar-refractivity contribution < 1.29 is 0 Å². The van der Waals surface area contributed by atoms with Gasteiger partial charge in [0.05, 0.1) is 0 Å². The van der Waals surface area contributed by atoms with Crippen LogP contribution in [0.2, 0.25) is 0 Å². The van der Waals surface area contributed by atoms with E-state index >= 15 is 0 Å². The maximum Gasteiger partial charge on any atom is 0.0113 e. The van der Waals surface area contributed by atoms with E-state index < -0.39 is 0 Å². The quantitative estimate of drug-likeness (QED) is 0.812. The Hall–Kier alpha value is -0.120. The molecule has 1 N–H and O–H groups in total. The lowest BCUT2D eigenvalue weighted by molar-refractivity contribution is 0.0932. The van der Waals surface area contributed by atoms with Crippen molar-refractivity contribution in [3.8, 4) is 0 Å². The lowest BCUT2D eigenvalue weighted by Crippen LogP contribution is -2.50. The molecule has 3 fully saturated rings. The molecule has 0 amide bonds. The van der Waals surface area contributed by atoms with Gasteiger partial charge >= 0.3 is 0 Å². The van der Waals surface area contributed by atoms with Crippen molar-refractivity contribution in [3.63, 3.8) is 0 Å². The van der Waals surface area contributed by atoms with Gasteiger partial charge < -0.3 is 10.2 Å². The van der Waals surface area contributed by atoms with Gasteiger partial charge in [-0.25, -0.2) is 0 Å². The number of nitrogens with one attached hydrogen (secondary N) is 1. The molecule has 0 bridgehead atoms. The minimum absolute atomic E-state index is 0.815. The molecule has 3 nitrogen and oxygen atoms in total. The van der Waals surface area contributed by atoms with Gasteiger partial charge in [-0.2, -0.15) is 0 Å². The van der Waals surface area contributed by atoms with E-state index in [0.29, 0.717) is 0 Å². The van der Waals surface area contributed by atoms with Crippen LogP contribution in [0, 0.1) is 5.92 Å². The van der Waals surface area contributed by atoms with Crippen LogP contribution in [0.5, 0.6) is 0 Å². The molecule has 3 aliphatic rings. The fourth-order valence-corrected chi connectivity index (χ4v) is 4.88. The van der Waals surface area contributed by atoms with Gasteiger partial charge in [0, 0.05) is 38.3 Å². The van der Waals surface area contributed by atoms with Crippen LogP contribution in [0.25, 0.3) is 0 Å². The highest BCUT2D eigenvalue weighted by atomic mass is 15.3. The lowest BCUT2D eigenvalue weighted by Gasteiger charge is -2.38. The normalized spacial score (nSPS) is 33.0. The molecule has 3 rings (SSSR count). The zero-order valence-electron chi connectivity index (χ0n) is 14.0. The van der Waals surface area contributed by atoms with Gasteiger partial charge in [0.1, 0.15) is 0 Å². The van der Waals surface area contributed by atoms with Crippen LogP contribution in [0.1, 0.15) is 58.3 Å². The molecule has 1 saturated heterocycles. The Morgan fingerprint density at radius 3 is 2.38 bits per heavy atom. The topological polar surface area (TPSA) is 18.5 Å². The first-order chi connectivity index (χ1) is 10.4. The second kappa shape index (κ2) is 7.94. The molecule has 0 radical (unpaired) electrons. The second-order valence-electron chi connectivity index (χ2n) is 7.46. The van der Waals surface area contributed by atoms with Crippen LogP contribution in [0.3, 0.4) is 0 Å². The van der Waals surface area contributed by atoms with Crippen molar-refractivity contribution in [2.24, 2.45) is 5.92 Å². The minimum atomic E-state index is 0.815. The number of piperazine rings is 1. The van der Waals surface area contributed by atoms with Crippen LogP contribution in [0.15, 0.2) is 0 Å². The van der Waals surface area contributed by atoms with E-state index in [2.05, 4.69) is 22.0 Å². The van der Waals surface area contributed by atoms with E-state index in [1.54, 1.807) is 0 Å². The van der Waals surface area contributed by atoms with E-state index in [0.717, 1.165) is 24.5 Å². The number of hydrogen-bond acceptors (Lipinski definition) is 3. The summed E-state index contributed by atoms with van der Waals surface area (Å²) in [4.78, 5) is 5.51. The highest BCUT2D eigenvalue weighted by molar-refractivity contribution is 4.85. The summed E-state index contributed by atoms with van der Waals surface area (Å²) in [5.41, 5.74) is 0. The van der Waals surface area contributed by atoms with Gasteiger partial charge in [0.2, 0.25) is 0 Å². The standard InChI is InChI=1S/C18H35N3/c1-2-19-18-9-5-6-16(18)10-11-20-12-14-21(15-13-20)17-7-3-4-8-17/h16-19H,2-15H2,1H3. The van der Waals surface area contributed by atoms with Gasteiger partial charge in [-0.3, -0.25) is 4.90 Å². The molecular formula is C18H35N3. The SMILES string of the molecule is CCNC1CCCC1CCN1CCN(C2CCCC2)CC1. The van der Waals surface area contributed by atoms with Crippen molar-refractivity contribution in [2.75, 3.05) is 39.3 Å². The number of nitrogens with zero attached hydrogens (tertiary/aromatic N) is 2. The summed E-state index contributed by atoms with van der Waals surface area (Å²) < 4.78 is 0. The third kappa shape index (κ3) is 4.20. The molecule has 0 aromatic rings. The molecule has 21 heavy (non-hydrogen) atoms. The minimum Gasteiger partial charge on any atom is -0.314 e. The summed E-state index contributed by atoms with van der Waals surface area (Å²) in [6, 6.07) is 1.75. The van der Waals surface area contributed by atoms with E-state index in [-0.39, 0.29) is 0 Å². The average Bonchev–Trinajstić information content (AvgIpc) is 3.18. The lowest BCUT2D eigenvalue weighted by atomic mass is 9.99. The van der Waals surface area contributed by atoms with Gasteiger partial charge in [-0.1, -0.05) is 26.2 Å². The zero-order chi connectivity index (χ0) is 14.5. The van der Waals surface area contributed by atoms with Gasteiger partial charge in [0.25, 0.3) is 0 Å². The molecule has 1 aliphatic heterocycles. The van der Waals surface area contributed by atoms with Crippen molar-refractivity contribution in [1.82, 2.24) is 15.1 Å². The molecule has 2 atom stereocenters. The Balaban J connectivity index is 1.35. The Kier molecular flexibility index (Phi) is 5.96. The molecule has 2 aliphatic carbocycles. The first-order valence-corrected chi connectivity index (χ1v) is 9.56. The van der Waals surface area contributed by atoms with Crippen molar-refractivity contribution in [1.29, 1.82) is 0 Å². The van der Waals surface area contributed by atoms with Crippen molar-refractivity contribution >= 4 is 0 Å². The molecule has 2 unspecified atom stereocenters. The number of hydrogen-bond donors (Lipinski definition) is 1. The fraction of sp³-hybridized carbons (Fsp3) is 1.00. The Morgan fingerprint density at radius 2 is 1.67 bits per heavy atom. The second-order valence-corrected chi connectivity index (χ2v) is 7.46. The van der Waals surface area contributed by atoms with Crippen LogP contribution in [-0.2, 0) is 0 Å². The molecule has 0 spiro atoms. The monoisotopic (exact) mass is 293 g/mol. The molecule has 0 aromatic carbocycles. The highest BCUT2D eigenvalue weighted by Crippen LogP contribution is 2.29. The number of rotatable bonds is 6. The van der Waals surface area contributed by atoms with E-state index in [1.807, 2.05) is 0 Å². The molecular weight excluding hydrogens is 258 g/mol. The maximum absolute atomic E-state index is 3.70. The smallest absolute Gasteiger partial charge is 0.0113 e. The van der Waals surface area contributed by atoms with Crippen molar-refractivity contribution in [2.45, 2.75) is 70.4 Å². The summed E-state index contributed by atoms with van der Waals surface area (Å²) >= 11 is 0. The summed E-state index contributed by atoms with van der Waals surface area (Å²) in [7, 11) is 0. The predicted octanol–water partition coefficient (Wildman–Crippen LogP) is 2.71. The summed E-state index contributed by atoms with van der Waals surface area (Å²) in [5.74, 6) is 0.942. The van der Waals surface area contributed by atoms with Crippen LogP contribution in [0.4, 0.5) is 0 Å². The first-order valence-electron chi connectivity index (χ1n) is 9.56. The Labute approximate surface area is 131 Å². The molecule has 3 heteroatoms. The zero-order valence-corrected chi connectivity index (χ0v) is 14.0. The summed E-state index contributed by atoms with van der Waals surface area (Å²) in [6.45, 7) is 10.0. The van der Waals surface area contributed by atoms with Gasteiger partial charge in [0.15, 0.2) is 0 Å². The summed E-state index contributed by atoms with van der Waals surface area (Å²) in [5, 5.41) is 3.70. The van der Waals surface area contributed by atoms with E-state index in [1.165, 1.54) is 84.1 Å². The molecule has 2 saturated carbocycles. The first kappa shape index (κ1) is 15.8. The molecule has 122 valence electrons. The predicted molar refractivity (Wildman–Crippen MR) is 89.7 cm³/mol. The van der Waals surface area contributed by atoms with Crippen LogP contribution in [-0.4, -0.2) is 61.2 Å². The van der Waals surface area contributed by atoms with E-state index in [9.17, 15) is 0 Å². The maximum atomic E-state index is 3.70. The van der Waals surface area contributed by atoms with Gasteiger partial charge in [-0.15, -0.1) is 0 Å². The molecule has 0 aromatic heterocycles. The Morgan fingerprint density at radius 1 is 0.905 bits per heavy atom. The van der Waals surface area contributed by atoms with Crippen LogP contribution < -0.4 is 5.32 Å². The van der Waals surface area contributed by atoms with Crippen LogP contribution >= 0.6 is 0 Å². The third-order valence-corrected chi connectivity index (χ3v) is 6.19. The fourth-order valence-electron chi connectivity index (χ4n) is 4.88. The average molecular weight is 293 g/mol. The van der Waals surface area contributed by atoms with E-state index in [4.69, 9.17) is 0 Å².